The Labute approximate surface area is 61.6 Å². The Morgan fingerprint density at radius 1 is 1.17 bits per heavy atom. The van der Waals surface area contributed by atoms with Gasteiger partial charge in [0, 0.05) is 35.6 Å². The first-order chi connectivity index (χ1) is 2.21. The maximum Gasteiger partial charge on any atom is 0.461 e. The normalized spacial score (nSPS) is 25.0. The summed E-state index contributed by atoms with van der Waals surface area (Å²) >= 11 is 0. The molecule has 0 aromatic rings. The van der Waals surface area contributed by atoms with Crippen LogP contribution >= 0.6 is 0 Å². The summed E-state index contributed by atoms with van der Waals surface area (Å²) in [6.45, 7) is 0. The maximum atomic E-state index is 7.74. The van der Waals surface area contributed by atoms with Gasteiger partial charge in [0.1, 0.15) is 0 Å². The van der Waals surface area contributed by atoms with Crippen LogP contribution in [0.4, 0.5) is 0 Å². The Balaban J connectivity index is 0.000000250. The molecular weight excluding hydrogens is 215 g/mol. The van der Waals surface area contributed by atoms with Gasteiger partial charge in [0.25, 0.3) is 0 Å². The zero-order chi connectivity index (χ0) is 3.91. The molecule has 0 saturated carbocycles. The molecule has 0 amide bonds. The van der Waals surface area contributed by atoms with E-state index in [0.717, 1.165) is 0 Å². The molecule has 6 heavy (non-hydrogen) atoms. The van der Waals surface area contributed by atoms with Gasteiger partial charge >= 0.3 is 6.16 Å². The van der Waals surface area contributed by atoms with Crippen molar-refractivity contribution in [3.05, 3.63) is 0 Å². The van der Waals surface area contributed by atoms with Gasteiger partial charge < -0.3 is 10.2 Å². The van der Waals surface area contributed by atoms with E-state index >= 15 is 0 Å². The minimum atomic E-state index is -2.25. The molecule has 0 bridgehead atoms. The van der Waals surface area contributed by atoms with E-state index in [9.17, 15) is 0 Å². The summed E-state index contributed by atoms with van der Waals surface area (Å²) < 4.78 is 0. The minimum absolute atomic E-state index is 0. The van der Waals surface area contributed by atoms with Crippen molar-refractivity contribution in [2.75, 3.05) is 0 Å². The van der Waals surface area contributed by atoms with E-state index in [4.69, 9.17) is 10.2 Å². The molecule has 1 rings (SSSR count). The first-order valence-corrected chi connectivity index (χ1v) is 1.02. The van der Waals surface area contributed by atoms with E-state index in [1.807, 2.05) is 0 Å². The molecule has 5 heteroatoms. The van der Waals surface area contributed by atoms with Gasteiger partial charge in [-0.05, 0) is 0 Å². The molecule has 2 N–H and O–H groups in total. The van der Waals surface area contributed by atoms with Crippen molar-refractivity contribution in [3.63, 3.8) is 0 Å². The van der Waals surface area contributed by atoms with E-state index in [1.54, 1.807) is 0 Å². The van der Waals surface area contributed by atoms with Crippen LogP contribution in [0.2, 0.25) is 0 Å². The molecule has 1 radical (unpaired) electrons. The van der Waals surface area contributed by atoms with Crippen LogP contribution < -0.4 is 0 Å². The van der Waals surface area contributed by atoms with E-state index in [0.29, 0.717) is 0 Å². The molecule has 0 unspecified atom stereocenters. The van der Waals surface area contributed by atoms with Crippen LogP contribution in [0.25, 0.3) is 0 Å². The van der Waals surface area contributed by atoms with Gasteiger partial charge in [-0.2, -0.15) is 0 Å². The third-order valence-corrected chi connectivity index (χ3v) is 0.232. The fourth-order valence-corrected chi connectivity index (χ4v) is 0.0373. The molecule has 0 aromatic heterocycles. The fourth-order valence-electron chi connectivity index (χ4n) is 0.0373. The van der Waals surface area contributed by atoms with Gasteiger partial charge in [-0.15, -0.1) is 9.78 Å². The Hall–Kier alpha value is 1.03. The summed E-state index contributed by atoms with van der Waals surface area (Å²) in [5.74, 6) is 0. The van der Waals surface area contributed by atoms with Crippen molar-refractivity contribution in [3.8, 4) is 0 Å². The second-order valence-electron chi connectivity index (χ2n) is 0.715. The average Bonchev–Trinajstić information content (AvgIpc) is 1.76. The van der Waals surface area contributed by atoms with Gasteiger partial charge in [0.15, 0.2) is 0 Å². The summed E-state index contributed by atoms with van der Waals surface area (Å²) in [7, 11) is 0. The van der Waals surface area contributed by atoms with Crippen LogP contribution in [0.1, 0.15) is 0 Å². The molecule has 0 aromatic carbocycles. The number of hydrogen-bond donors (Lipinski definition) is 2. The Morgan fingerprint density at radius 2 is 1.33 bits per heavy atom. The molecule has 0 aliphatic carbocycles. The zero-order valence-corrected chi connectivity index (χ0v) is 6.41. The van der Waals surface area contributed by atoms with Crippen LogP contribution in [-0.2, 0) is 9.78 Å². The van der Waals surface area contributed by atoms with Crippen molar-refractivity contribution >= 4 is 0 Å². The first kappa shape index (κ1) is 7.03. The Bertz CT molecular complexity index is 45.5. The molecule has 1 saturated heterocycles. The molecule has 1 aliphatic rings. The topological polar surface area (TPSA) is 65.5 Å². The molecule has 4 nitrogen and oxygen atoms in total. The third kappa shape index (κ3) is 2.25. The van der Waals surface area contributed by atoms with Crippen LogP contribution in [0.3, 0.4) is 0 Å². The molecule has 0 atom stereocenters. The largest absolute Gasteiger partial charge is 0.461 e. The van der Waals surface area contributed by atoms with Gasteiger partial charge in [0.05, 0.1) is 0 Å². The van der Waals surface area contributed by atoms with Crippen LogP contribution in [-0.4, -0.2) is 16.4 Å². The van der Waals surface area contributed by atoms with E-state index < -0.39 is 6.16 Å². The predicted molar refractivity (Wildman–Crippen MR) is 9.34 cm³/mol. The van der Waals surface area contributed by atoms with E-state index in [2.05, 4.69) is 9.78 Å². The summed E-state index contributed by atoms with van der Waals surface area (Å²) in [6.07, 6.45) is -2.25. The standard InChI is InChI=1S/CH2O4.La/c2-1(3)4-5-1;/h2-3H;. The number of rotatable bonds is 0. The SMILES string of the molecule is OC1(O)OO1.[La]. The zero-order valence-electron chi connectivity index (χ0n) is 2.79. The summed E-state index contributed by atoms with van der Waals surface area (Å²) in [5.41, 5.74) is 0. The molecule has 0 spiro atoms. The Kier molecular flexibility index (Phi) is 2.20. The van der Waals surface area contributed by atoms with Gasteiger partial charge in [-0.3, -0.25) is 0 Å². The molecular formula is CH2LaO4. The summed E-state index contributed by atoms with van der Waals surface area (Å²) in [6, 6.07) is 0. The average molecular weight is 217 g/mol. The second kappa shape index (κ2) is 1.87. The van der Waals surface area contributed by atoms with Crippen LogP contribution in [0.5, 0.6) is 0 Å². The first-order valence-electron chi connectivity index (χ1n) is 1.02. The predicted octanol–water partition coefficient (Wildman–Crippen LogP) is -1.46. The third-order valence-electron chi connectivity index (χ3n) is 0.232. The van der Waals surface area contributed by atoms with Crippen LogP contribution in [0.15, 0.2) is 0 Å². The minimum Gasteiger partial charge on any atom is -0.315 e. The van der Waals surface area contributed by atoms with Gasteiger partial charge in [0.2, 0.25) is 0 Å². The Morgan fingerprint density at radius 3 is 1.33 bits per heavy atom. The summed E-state index contributed by atoms with van der Waals surface area (Å²) in [5, 5.41) is 15.5. The van der Waals surface area contributed by atoms with Crippen molar-refractivity contribution < 1.29 is 55.6 Å². The van der Waals surface area contributed by atoms with Gasteiger partial charge in [-0.1, -0.05) is 0 Å². The second-order valence-corrected chi connectivity index (χ2v) is 0.715. The van der Waals surface area contributed by atoms with Crippen molar-refractivity contribution in [2.45, 2.75) is 6.16 Å². The number of hydrogen-bond acceptors (Lipinski definition) is 4. The molecule has 1 fully saturated rings. The van der Waals surface area contributed by atoms with E-state index in [-0.39, 0.29) is 35.6 Å². The molecule has 1 aliphatic heterocycles. The molecule has 1 heterocycles. The van der Waals surface area contributed by atoms with E-state index in [1.165, 1.54) is 0 Å². The van der Waals surface area contributed by atoms with Crippen molar-refractivity contribution in [1.82, 2.24) is 0 Å². The monoisotopic (exact) mass is 217 g/mol. The summed E-state index contributed by atoms with van der Waals surface area (Å²) in [4.78, 5) is 7.01. The van der Waals surface area contributed by atoms with Gasteiger partial charge in [-0.25, -0.2) is 0 Å². The number of aliphatic hydroxyl groups is 2. The quantitative estimate of drug-likeness (QED) is 0.296. The smallest absolute Gasteiger partial charge is 0.315 e. The van der Waals surface area contributed by atoms with Crippen LogP contribution in [0, 0.1) is 35.6 Å². The fraction of sp³-hybridized carbons (Fsp3) is 1.00. The van der Waals surface area contributed by atoms with Crippen molar-refractivity contribution in [1.29, 1.82) is 0 Å². The maximum absolute atomic E-state index is 7.74. The molecule has 33 valence electrons. The van der Waals surface area contributed by atoms with Crippen molar-refractivity contribution in [2.24, 2.45) is 0 Å².